The normalized spacial score (nSPS) is 10.8. The Balaban J connectivity index is 1.42. The molecule has 4 rings (SSSR count). The summed E-state index contributed by atoms with van der Waals surface area (Å²) >= 11 is 6.49. The number of amides is 1. The molecule has 0 aliphatic rings. The molecule has 0 unspecified atom stereocenters. The highest BCUT2D eigenvalue weighted by atomic mass is 35.5. The number of hydrogen-bond acceptors (Lipinski definition) is 6. The lowest BCUT2D eigenvalue weighted by Gasteiger charge is -2.14. The lowest BCUT2D eigenvalue weighted by atomic mass is 10.2. The first kappa shape index (κ1) is 29.4. The third-order valence-electron chi connectivity index (χ3n) is 5.75. The van der Waals surface area contributed by atoms with Gasteiger partial charge in [-0.25, -0.2) is 9.82 Å². The molecule has 0 radical (unpaired) electrons. The van der Waals surface area contributed by atoms with E-state index in [0.29, 0.717) is 59.0 Å². The SMILES string of the molecule is CCOc1cc(C(=O)N/N=C/c2cc(Cl)c(OCc3ccc(F)cc3)c(OCC)c2)ccc1OCc1ccccc1. The minimum absolute atomic E-state index is 0.184. The Kier molecular flexibility index (Phi) is 10.6. The minimum atomic E-state index is -0.424. The fourth-order valence-electron chi connectivity index (χ4n) is 3.80. The second kappa shape index (κ2) is 14.7. The molecule has 0 aliphatic carbocycles. The molecule has 212 valence electrons. The molecule has 0 aliphatic heterocycles. The first-order valence-electron chi connectivity index (χ1n) is 13.1. The Bertz CT molecular complexity index is 1480. The number of hydrogen-bond donors (Lipinski definition) is 1. The van der Waals surface area contributed by atoms with Crippen molar-refractivity contribution in [2.45, 2.75) is 27.1 Å². The molecule has 0 atom stereocenters. The zero-order chi connectivity index (χ0) is 29.0. The Hall–Kier alpha value is -4.56. The maximum absolute atomic E-state index is 13.2. The molecule has 1 N–H and O–H groups in total. The number of nitrogens with zero attached hydrogens (tertiary/aromatic N) is 1. The Morgan fingerprint density at radius 2 is 1.49 bits per heavy atom. The van der Waals surface area contributed by atoms with Gasteiger partial charge in [-0.3, -0.25) is 4.79 Å². The van der Waals surface area contributed by atoms with Gasteiger partial charge >= 0.3 is 0 Å². The highest BCUT2D eigenvalue weighted by molar-refractivity contribution is 6.32. The molecule has 0 saturated carbocycles. The fraction of sp³-hybridized carbons (Fsp3) is 0.188. The molecular formula is C32H30ClFN2O5. The number of nitrogens with one attached hydrogen (secondary N) is 1. The van der Waals surface area contributed by atoms with Gasteiger partial charge in [0.1, 0.15) is 19.0 Å². The molecule has 4 aromatic rings. The number of halogens is 2. The van der Waals surface area contributed by atoms with Crippen molar-refractivity contribution in [1.29, 1.82) is 0 Å². The lowest BCUT2D eigenvalue weighted by Crippen LogP contribution is -2.17. The van der Waals surface area contributed by atoms with E-state index < -0.39 is 5.91 Å². The summed E-state index contributed by atoms with van der Waals surface area (Å²) < 4.78 is 36.4. The maximum Gasteiger partial charge on any atom is 0.271 e. The van der Waals surface area contributed by atoms with Gasteiger partial charge in [-0.1, -0.05) is 54.1 Å². The van der Waals surface area contributed by atoms with Crippen molar-refractivity contribution in [2.24, 2.45) is 5.10 Å². The molecular weight excluding hydrogens is 547 g/mol. The van der Waals surface area contributed by atoms with Crippen LogP contribution in [0.4, 0.5) is 4.39 Å². The van der Waals surface area contributed by atoms with Gasteiger partial charge in [0.15, 0.2) is 23.0 Å². The van der Waals surface area contributed by atoms with Crippen molar-refractivity contribution in [1.82, 2.24) is 5.43 Å². The van der Waals surface area contributed by atoms with Gasteiger partial charge in [0.2, 0.25) is 0 Å². The van der Waals surface area contributed by atoms with Gasteiger partial charge < -0.3 is 18.9 Å². The molecule has 0 fully saturated rings. The Labute approximate surface area is 243 Å². The summed E-state index contributed by atoms with van der Waals surface area (Å²) in [7, 11) is 0. The zero-order valence-corrected chi connectivity index (χ0v) is 23.5. The first-order chi connectivity index (χ1) is 20.0. The molecule has 41 heavy (non-hydrogen) atoms. The number of carbonyl (C=O) groups is 1. The van der Waals surface area contributed by atoms with Crippen molar-refractivity contribution < 1.29 is 28.1 Å². The number of rotatable bonds is 13. The molecule has 7 nitrogen and oxygen atoms in total. The monoisotopic (exact) mass is 576 g/mol. The summed E-state index contributed by atoms with van der Waals surface area (Å²) in [5.41, 5.74) is 5.27. The van der Waals surface area contributed by atoms with Crippen LogP contribution in [0.25, 0.3) is 0 Å². The van der Waals surface area contributed by atoms with Gasteiger partial charge in [0, 0.05) is 5.56 Å². The van der Waals surface area contributed by atoms with E-state index in [4.69, 9.17) is 30.5 Å². The topological polar surface area (TPSA) is 78.4 Å². The summed E-state index contributed by atoms with van der Waals surface area (Å²) in [4.78, 5) is 12.8. The van der Waals surface area contributed by atoms with Crippen LogP contribution in [-0.4, -0.2) is 25.3 Å². The van der Waals surface area contributed by atoms with Crippen molar-refractivity contribution in [3.8, 4) is 23.0 Å². The van der Waals surface area contributed by atoms with Gasteiger partial charge in [-0.05, 0) is 73.0 Å². The average molecular weight is 577 g/mol. The summed E-state index contributed by atoms with van der Waals surface area (Å²) in [6.45, 7) is 5.06. The second-order valence-corrected chi connectivity index (χ2v) is 9.15. The second-order valence-electron chi connectivity index (χ2n) is 8.75. The summed E-state index contributed by atoms with van der Waals surface area (Å²) in [5.74, 6) is 1.03. The Morgan fingerprint density at radius 3 is 2.22 bits per heavy atom. The smallest absolute Gasteiger partial charge is 0.271 e. The molecule has 4 aromatic carbocycles. The zero-order valence-electron chi connectivity index (χ0n) is 22.7. The molecule has 0 saturated heterocycles. The van der Waals surface area contributed by atoms with Gasteiger partial charge in [-0.2, -0.15) is 5.10 Å². The summed E-state index contributed by atoms with van der Waals surface area (Å²) in [5, 5.41) is 4.38. The summed E-state index contributed by atoms with van der Waals surface area (Å²) in [6.07, 6.45) is 1.46. The van der Waals surface area contributed by atoms with Crippen LogP contribution in [0.1, 0.15) is 40.9 Å². The van der Waals surface area contributed by atoms with E-state index in [9.17, 15) is 9.18 Å². The van der Waals surface area contributed by atoms with Crippen LogP contribution in [0.3, 0.4) is 0 Å². The maximum atomic E-state index is 13.2. The van der Waals surface area contributed by atoms with Crippen LogP contribution in [0.5, 0.6) is 23.0 Å². The highest BCUT2D eigenvalue weighted by Crippen LogP contribution is 2.37. The number of benzene rings is 4. The largest absolute Gasteiger partial charge is 0.490 e. The predicted molar refractivity (Wildman–Crippen MR) is 157 cm³/mol. The Morgan fingerprint density at radius 1 is 0.805 bits per heavy atom. The average Bonchev–Trinajstić information content (AvgIpc) is 2.98. The molecule has 0 bridgehead atoms. The number of hydrazone groups is 1. The quantitative estimate of drug-likeness (QED) is 0.134. The number of ether oxygens (including phenoxy) is 4. The fourth-order valence-corrected chi connectivity index (χ4v) is 4.08. The van der Waals surface area contributed by atoms with Crippen LogP contribution >= 0.6 is 11.6 Å². The first-order valence-corrected chi connectivity index (χ1v) is 13.4. The third-order valence-corrected chi connectivity index (χ3v) is 6.03. The molecule has 1 amide bonds. The molecule has 0 spiro atoms. The van der Waals surface area contributed by atoms with Crippen LogP contribution in [0, 0.1) is 5.82 Å². The van der Waals surface area contributed by atoms with Crippen LogP contribution in [0.2, 0.25) is 5.02 Å². The van der Waals surface area contributed by atoms with E-state index in [1.807, 2.05) is 44.2 Å². The van der Waals surface area contributed by atoms with E-state index in [1.165, 1.54) is 18.3 Å². The van der Waals surface area contributed by atoms with Crippen LogP contribution in [0.15, 0.2) is 90.0 Å². The molecule has 0 heterocycles. The van der Waals surface area contributed by atoms with Gasteiger partial charge in [0.25, 0.3) is 5.91 Å². The molecule has 9 heteroatoms. The van der Waals surface area contributed by atoms with Gasteiger partial charge in [0.05, 0.1) is 24.5 Å². The predicted octanol–water partition coefficient (Wildman–Crippen LogP) is 7.20. The standard InChI is InChI=1S/C32H30ClFN2O5/c1-3-38-29-18-25(12-15-28(29)40-20-22-8-6-5-7-9-22)32(37)36-35-19-24-16-27(33)31(30(17-24)39-4-2)41-21-23-10-13-26(34)14-11-23/h5-19H,3-4,20-21H2,1-2H3,(H,36,37)/b35-19+. The molecule has 0 aromatic heterocycles. The van der Waals surface area contributed by atoms with Gasteiger partial charge in [-0.15, -0.1) is 0 Å². The van der Waals surface area contributed by atoms with E-state index in [-0.39, 0.29) is 12.4 Å². The van der Waals surface area contributed by atoms with E-state index in [0.717, 1.165) is 11.1 Å². The van der Waals surface area contributed by atoms with Crippen LogP contribution in [-0.2, 0) is 13.2 Å². The summed E-state index contributed by atoms with van der Waals surface area (Å²) in [6, 6.07) is 24.1. The van der Waals surface area contributed by atoms with E-state index >= 15 is 0 Å². The van der Waals surface area contributed by atoms with Crippen molar-refractivity contribution in [3.63, 3.8) is 0 Å². The lowest BCUT2D eigenvalue weighted by molar-refractivity contribution is 0.0954. The van der Waals surface area contributed by atoms with E-state index in [1.54, 1.807) is 42.5 Å². The number of carbonyl (C=O) groups excluding carboxylic acids is 1. The van der Waals surface area contributed by atoms with Crippen molar-refractivity contribution in [2.75, 3.05) is 13.2 Å². The van der Waals surface area contributed by atoms with Crippen molar-refractivity contribution >= 4 is 23.7 Å². The highest BCUT2D eigenvalue weighted by Gasteiger charge is 2.14. The van der Waals surface area contributed by atoms with E-state index in [2.05, 4.69) is 10.5 Å². The van der Waals surface area contributed by atoms with Crippen molar-refractivity contribution in [3.05, 3.63) is 118 Å². The minimum Gasteiger partial charge on any atom is -0.490 e. The third kappa shape index (κ3) is 8.46. The van der Waals surface area contributed by atoms with Crippen LogP contribution < -0.4 is 24.4 Å².